The number of hydrogen-bond donors (Lipinski definition) is 0. The van der Waals surface area contributed by atoms with Crippen LogP contribution in [0.5, 0.6) is 0 Å². The highest BCUT2D eigenvalue weighted by molar-refractivity contribution is 9.10. The van der Waals surface area contributed by atoms with Crippen molar-refractivity contribution in [2.45, 2.75) is 13.8 Å². The number of aromatic nitrogens is 2. The molecule has 0 atom stereocenters. The molecular weight excluding hydrogens is 467 g/mol. The summed E-state index contributed by atoms with van der Waals surface area (Å²) >= 11 is 15.1. The van der Waals surface area contributed by atoms with Crippen molar-refractivity contribution < 1.29 is 14.3 Å². The van der Waals surface area contributed by atoms with E-state index >= 15 is 0 Å². The van der Waals surface area contributed by atoms with Crippen molar-refractivity contribution in [3.05, 3.63) is 79.8 Å². The normalized spacial score (nSPS) is 10.8. The highest BCUT2D eigenvalue weighted by Gasteiger charge is 2.20. The molecule has 0 amide bonds. The van der Waals surface area contributed by atoms with Gasteiger partial charge in [-0.15, -0.1) is 0 Å². The van der Waals surface area contributed by atoms with Gasteiger partial charge in [0.1, 0.15) is 5.15 Å². The van der Waals surface area contributed by atoms with Gasteiger partial charge in [0.05, 0.1) is 5.02 Å². The Hall–Kier alpha value is -2.15. The minimum absolute atomic E-state index is 0.107. The number of benzene rings is 1. The molecule has 1 aromatic carbocycles. The number of hydrogen-bond acceptors (Lipinski definition) is 4. The molecule has 0 aliphatic heterocycles. The van der Waals surface area contributed by atoms with Crippen LogP contribution in [0, 0.1) is 13.8 Å². The van der Waals surface area contributed by atoms with E-state index in [4.69, 9.17) is 27.9 Å². The number of Topliss-reactive ketones (excluding diaryl/α,β-unsaturated/α-hetero) is 1. The summed E-state index contributed by atoms with van der Waals surface area (Å²) in [7, 11) is 0. The van der Waals surface area contributed by atoms with E-state index in [1.54, 1.807) is 6.07 Å². The second-order valence-corrected chi connectivity index (χ2v) is 7.77. The van der Waals surface area contributed by atoms with Gasteiger partial charge < -0.3 is 9.30 Å². The molecule has 0 N–H and O–H groups in total. The zero-order valence-corrected chi connectivity index (χ0v) is 18.1. The van der Waals surface area contributed by atoms with E-state index in [1.165, 1.54) is 12.1 Å². The molecule has 8 heteroatoms. The number of nitrogens with zero attached hydrogens (tertiary/aromatic N) is 2. The molecule has 0 fully saturated rings. The number of carbonyl (C=O) groups excluding carboxylic acids is 2. The molecule has 28 heavy (non-hydrogen) atoms. The minimum atomic E-state index is -0.803. The first-order valence-corrected chi connectivity index (χ1v) is 9.80. The van der Waals surface area contributed by atoms with Crippen LogP contribution < -0.4 is 0 Å². The highest BCUT2D eigenvalue weighted by atomic mass is 79.9. The number of carbonyl (C=O) groups is 2. The third kappa shape index (κ3) is 4.29. The minimum Gasteiger partial charge on any atom is -0.453 e. The van der Waals surface area contributed by atoms with Gasteiger partial charge in [0.25, 0.3) is 0 Å². The van der Waals surface area contributed by atoms with Gasteiger partial charge in [0.2, 0.25) is 5.78 Å². The summed E-state index contributed by atoms with van der Waals surface area (Å²) in [5.41, 5.74) is 2.96. The van der Waals surface area contributed by atoms with Gasteiger partial charge in [-0.1, -0.05) is 39.1 Å². The van der Waals surface area contributed by atoms with E-state index in [9.17, 15) is 9.59 Å². The van der Waals surface area contributed by atoms with Gasteiger partial charge in [0, 0.05) is 27.1 Å². The Morgan fingerprint density at radius 3 is 2.46 bits per heavy atom. The standard InChI is InChI=1S/C20H15BrCl2N2O3/c1-11-9-15(12(2)25(11)14-5-3-13(21)4-6-14)17(26)10-28-20(27)19-16(22)7-8-18(23)24-19/h3-9H,10H2,1-2H3. The Bertz CT molecular complexity index is 1060. The van der Waals surface area contributed by atoms with Crippen molar-refractivity contribution in [1.82, 2.24) is 9.55 Å². The molecule has 0 aliphatic rings. The lowest BCUT2D eigenvalue weighted by molar-refractivity contribution is 0.0469. The summed E-state index contributed by atoms with van der Waals surface area (Å²) < 4.78 is 8.03. The average molecular weight is 482 g/mol. The van der Waals surface area contributed by atoms with E-state index in [-0.39, 0.29) is 21.7 Å². The Labute approximate surface area is 180 Å². The number of rotatable bonds is 5. The van der Waals surface area contributed by atoms with E-state index in [1.807, 2.05) is 42.7 Å². The summed E-state index contributed by atoms with van der Waals surface area (Å²) in [5.74, 6) is -1.12. The van der Waals surface area contributed by atoms with Crippen LogP contribution in [0.2, 0.25) is 10.2 Å². The third-order valence-electron chi connectivity index (χ3n) is 4.16. The molecule has 0 saturated carbocycles. The molecule has 5 nitrogen and oxygen atoms in total. The second kappa shape index (κ2) is 8.47. The van der Waals surface area contributed by atoms with E-state index in [2.05, 4.69) is 20.9 Å². The van der Waals surface area contributed by atoms with Crippen molar-refractivity contribution in [1.29, 1.82) is 0 Å². The predicted molar refractivity (Wildman–Crippen MR) is 112 cm³/mol. The first kappa shape index (κ1) is 20.6. The molecule has 2 aromatic heterocycles. The highest BCUT2D eigenvalue weighted by Crippen LogP contribution is 2.23. The maximum atomic E-state index is 12.6. The van der Waals surface area contributed by atoms with Crippen LogP contribution in [0.3, 0.4) is 0 Å². The number of esters is 1. The first-order chi connectivity index (χ1) is 13.3. The molecule has 0 spiro atoms. The zero-order valence-electron chi connectivity index (χ0n) is 15.0. The number of ether oxygens (including phenoxy) is 1. The van der Waals surface area contributed by atoms with E-state index in [0.717, 1.165) is 21.5 Å². The van der Waals surface area contributed by atoms with Crippen LogP contribution in [0.25, 0.3) is 5.69 Å². The van der Waals surface area contributed by atoms with Gasteiger partial charge in [-0.3, -0.25) is 4.79 Å². The van der Waals surface area contributed by atoms with Gasteiger partial charge in [0.15, 0.2) is 12.3 Å². The maximum Gasteiger partial charge on any atom is 0.359 e. The Kier molecular flexibility index (Phi) is 6.23. The topological polar surface area (TPSA) is 61.2 Å². The van der Waals surface area contributed by atoms with Gasteiger partial charge in [-0.05, 0) is 56.3 Å². The second-order valence-electron chi connectivity index (χ2n) is 6.06. The van der Waals surface area contributed by atoms with E-state index < -0.39 is 12.6 Å². The quantitative estimate of drug-likeness (QED) is 0.270. The lowest BCUT2D eigenvalue weighted by Gasteiger charge is -2.10. The molecule has 0 unspecified atom stereocenters. The van der Waals surface area contributed by atoms with Crippen LogP contribution in [-0.4, -0.2) is 27.9 Å². The van der Waals surface area contributed by atoms with Crippen molar-refractivity contribution in [2.75, 3.05) is 6.61 Å². The maximum absolute atomic E-state index is 12.6. The van der Waals surface area contributed by atoms with Crippen LogP contribution in [-0.2, 0) is 4.74 Å². The van der Waals surface area contributed by atoms with Crippen LogP contribution in [0.4, 0.5) is 0 Å². The van der Waals surface area contributed by atoms with Crippen molar-refractivity contribution in [2.24, 2.45) is 0 Å². The molecule has 3 rings (SSSR count). The van der Waals surface area contributed by atoms with Crippen LogP contribution in [0.1, 0.15) is 32.2 Å². The van der Waals surface area contributed by atoms with Crippen molar-refractivity contribution in [3.8, 4) is 5.69 Å². The lowest BCUT2D eigenvalue weighted by atomic mass is 10.1. The summed E-state index contributed by atoms with van der Waals surface area (Å²) in [5, 5.41) is 0.219. The van der Waals surface area contributed by atoms with Crippen LogP contribution >= 0.6 is 39.1 Å². The monoisotopic (exact) mass is 480 g/mol. The van der Waals surface area contributed by atoms with Crippen molar-refractivity contribution >= 4 is 50.9 Å². The fourth-order valence-electron chi connectivity index (χ4n) is 2.87. The Balaban J connectivity index is 1.78. The summed E-state index contributed by atoms with van der Waals surface area (Å²) in [6, 6.07) is 12.4. The average Bonchev–Trinajstić information content (AvgIpc) is 2.96. The summed E-state index contributed by atoms with van der Waals surface area (Å²) in [6.45, 7) is 3.33. The van der Waals surface area contributed by atoms with Gasteiger partial charge in [-0.25, -0.2) is 9.78 Å². The summed E-state index contributed by atoms with van der Waals surface area (Å²) in [4.78, 5) is 28.6. The van der Waals surface area contributed by atoms with Crippen molar-refractivity contribution in [3.63, 3.8) is 0 Å². The number of pyridine rings is 1. The predicted octanol–water partition coefficient (Wildman–Crippen LogP) is 5.60. The lowest BCUT2D eigenvalue weighted by Crippen LogP contribution is -2.16. The SMILES string of the molecule is Cc1cc(C(=O)COC(=O)c2nc(Cl)ccc2Cl)c(C)n1-c1ccc(Br)cc1. The molecule has 0 radical (unpaired) electrons. The van der Waals surface area contributed by atoms with Gasteiger partial charge in [-0.2, -0.15) is 0 Å². The smallest absolute Gasteiger partial charge is 0.359 e. The van der Waals surface area contributed by atoms with Crippen LogP contribution in [0.15, 0.2) is 46.9 Å². The number of halogens is 3. The zero-order chi connectivity index (χ0) is 20.4. The van der Waals surface area contributed by atoms with Gasteiger partial charge >= 0.3 is 5.97 Å². The molecule has 0 aliphatic carbocycles. The third-order valence-corrected chi connectivity index (χ3v) is 5.20. The first-order valence-electron chi connectivity index (χ1n) is 8.25. The molecule has 3 aromatic rings. The molecule has 2 heterocycles. The fourth-order valence-corrected chi connectivity index (χ4v) is 3.47. The Morgan fingerprint density at radius 2 is 1.79 bits per heavy atom. The number of ketones is 1. The Morgan fingerprint density at radius 1 is 1.11 bits per heavy atom. The molecule has 0 bridgehead atoms. The number of aryl methyl sites for hydroxylation is 1. The largest absolute Gasteiger partial charge is 0.453 e. The summed E-state index contributed by atoms with van der Waals surface area (Å²) in [6.07, 6.45) is 0. The van der Waals surface area contributed by atoms with E-state index in [0.29, 0.717) is 5.56 Å². The molecule has 144 valence electrons. The molecule has 0 saturated heterocycles. The molecular formula is C20H15BrCl2N2O3. The fraction of sp³-hybridized carbons (Fsp3) is 0.150.